The van der Waals surface area contributed by atoms with Gasteiger partial charge in [-0.3, -0.25) is 0 Å². The van der Waals surface area contributed by atoms with E-state index in [2.05, 4.69) is 0 Å². The Bertz CT molecular complexity index is 254. The summed E-state index contributed by atoms with van der Waals surface area (Å²) < 4.78 is 17.9. The molecule has 1 atom stereocenters. The van der Waals surface area contributed by atoms with Gasteiger partial charge in [0.25, 0.3) is 0 Å². The molecule has 64 valence electrons. The summed E-state index contributed by atoms with van der Waals surface area (Å²) in [5, 5.41) is 0. The average Bonchev–Trinajstić information content (AvgIpc) is 2.58. The number of ether oxygens (including phenoxy) is 1. The topological polar surface area (TPSA) is 9.23 Å². The van der Waals surface area contributed by atoms with Crippen molar-refractivity contribution >= 4 is 11.8 Å². The highest BCUT2D eigenvalue weighted by atomic mass is 32.2. The van der Waals surface area contributed by atoms with Gasteiger partial charge in [-0.1, -0.05) is 12.1 Å². The highest BCUT2D eigenvalue weighted by Gasteiger charge is 2.17. The van der Waals surface area contributed by atoms with E-state index in [9.17, 15) is 4.39 Å². The summed E-state index contributed by atoms with van der Waals surface area (Å²) in [5.41, 5.74) is 1.17. The predicted octanol–water partition coefficient (Wildman–Crippen LogP) is 2.59. The van der Waals surface area contributed by atoms with E-state index in [1.807, 2.05) is 0 Å². The van der Waals surface area contributed by atoms with Crippen molar-refractivity contribution in [2.75, 3.05) is 12.4 Å². The first-order valence-electron chi connectivity index (χ1n) is 3.85. The van der Waals surface area contributed by atoms with Gasteiger partial charge in [0.1, 0.15) is 11.3 Å². The van der Waals surface area contributed by atoms with Crippen LogP contribution in [-0.4, -0.2) is 12.4 Å². The molecule has 1 aliphatic rings. The van der Waals surface area contributed by atoms with Crippen LogP contribution in [0.3, 0.4) is 0 Å². The lowest BCUT2D eigenvalue weighted by Crippen LogP contribution is -1.92. The van der Waals surface area contributed by atoms with Crippen LogP contribution in [0, 0.1) is 5.82 Å². The second kappa shape index (κ2) is 3.46. The fourth-order valence-corrected chi connectivity index (χ4v) is 2.12. The van der Waals surface area contributed by atoms with E-state index < -0.39 is 0 Å². The quantitative estimate of drug-likeness (QED) is 0.663. The van der Waals surface area contributed by atoms with Gasteiger partial charge in [0, 0.05) is 5.75 Å². The van der Waals surface area contributed by atoms with Crippen molar-refractivity contribution in [3.63, 3.8) is 0 Å². The minimum Gasteiger partial charge on any atom is -0.362 e. The molecule has 0 saturated carbocycles. The average molecular weight is 184 g/mol. The van der Waals surface area contributed by atoms with E-state index in [-0.39, 0.29) is 11.3 Å². The molecule has 1 aromatic carbocycles. The summed E-state index contributed by atoms with van der Waals surface area (Å²) in [5.74, 6) is 0.837. The smallest absolute Gasteiger partial charge is 0.128 e. The predicted molar refractivity (Wildman–Crippen MR) is 47.6 cm³/mol. The Hall–Kier alpha value is -0.540. The second-order valence-corrected chi connectivity index (χ2v) is 3.79. The van der Waals surface area contributed by atoms with Crippen molar-refractivity contribution in [2.24, 2.45) is 0 Å². The fourth-order valence-electron chi connectivity index (χ4n) is 1.17. The highest BCUT2D eigenvalue weighted by Crippen LogP contribution is 2.34. The maximum atomic E-state index is 12.5. The van der Waals surface area contributed by atoms with Crippen LogP contribution in [0.25, 0.3) is 0 Å². The summed E-state index contributed by atoms with van der Waals surface area (Å²) in [6.45, 7) is 0.798. The van der Waals surface area contributed by atoms with Crippen LogP contribution in [0.15, 0.2) is 24.3 Å². The van der Waals surface area contributed by atoms with E-state index in [1.165, 1.54) is 12.1 Å². The van der Waals surface area contributed by atoms with Crippen molar-refractivity contribution in [2.45, 2.75) is 5.44 Å². The summed E-state index contributed by atoms with van der Waals surface area (Å²) in [6.07, 6.45) is 0. The normalized spacial score (nSPS) is 22.9. The van der Waals surface area contributed by atoms with Crippen LogP contribution in [-0.2, 0) is 4.74 Å². The van der Waals surface area contributed by atoms with Crippen LogP contribution in [0.1, 0.15) is 11.0 Å². The molecule has 1 aromatic rings. The lowest BCUT2D eigenvalue weighted by Gasteiger charge is -2.07. The molecule has 1 aliphatic heterocycles. The van der Waals surface area contributed by atoms with Gasteiger partial charge in [-0.15, -0.1) is 11.8 Å². The van der Waals surface area contributed by atoms with Crippen LogP contribution < -0.4 is 0 Å². The Morgan fingerprint density at radius 1 is 1.33 bits per heavy atom. The van der Waals surface area contributed by atoms with Gasteiger partial charge < -0.3 is 4.74 Å². The molecule has 1 heterocycles. The molecule has 1 unspecified atom stereocenters. The summed E-state index contributed by atoms with van der Waals surface area (Å²) in [7, 11) is 0. The summed E-state index contributed by atoms with van der Waals surface area (Å²) in [4.78, 5) is 0. The number of rotatable bonds is 1. The van der Waals surface area contributed by atoms with E-state index in [0.717, 1.165) is 17.9 Å². The molecule has 3 heteroatoms. The molecule has 0 bridgehead atoms. The Morgan fingerprint density at radius 2 is 2.08 bits per heavy atom. The molecule has 0 aliphatic carbocycles. The lowest BCUT2D eigenvalue weighted by molar-refractivity contribution is 0.145. The number of hydrogen-bond acceptors (Lipinski definition) is 2. The van der Waals surface area contributed by atoms with Gasteiger partial charge in [-0.25, -0.2) is 4.39 Å². The van der Waals surface area contributed by atoms with Crippen LogP contribution in [0.5, 0.6) is 0 Å². The molecular formula is C9H9FOS. The highest BCUT2D eigenvalue weighted by molar-refractivity contribution is 7.99. The molecule has 0 spiro atoms. The number of benzene rings is 1. The molecule has 2 rings (SSSR count). The molecule has 12 heavy (non-hydrogen) atoms. The molecule has 0 amide bonds. The first kappa shape index (κ1) is 8.08. The van der Waals surface area contributed by atoms with Gasteiger partial charge in [0.15, 0.2) is 0 Å². The molecule has 0 N–H and O–H groups in total. The maximum absolute atomic E-state index is 12.5. The van der Waals surface area contributed by atoms with E-state index in [1.54, 1.807) is 23.9 Å². The van der Waals surface area contributed by atoms with Crippen molar-refractivity contribution < 1.29 is 9.13 Å². The SMILES string of the molecule is Fc1ccc(C2OCCS2)cc1. The Labute approximate surface area is 74.9 Å². The Balaban J connectivity index is 2.17. The third-order valence-corrected chi connectivity index (χ3v) is 2.88. The lowest BCUT2D eigenvalue weighted by atomic mass is 10.2. The first-order chi connectivity index (χ1) is 5.86. The van der Waals surface area contributed by atoms with Crippen LogP contribution >= 0.6 is 11.8 Å². The third-order valence-electron chi connectivity index (χ3n) is 1.76. The van der Waals surface area contributed by atoms with Crippen molar-refractivity contribution in [3.8, 4) is 0 Å². The molecule has 0 aromatic heterocycles. The number of halogens is 1. The minimum absolute atomic E-state index is 0.116. The molecular weight excluding hydrogens is 175 g/mol. The van der Waals surface area contributed by atoms with E-state index in [4.69, 9.17) is 4.74 Å². The fraction of sp³-hybridized carbons (Fsp3) is 0.333. The number of hydrogen-bond donors (Lipinski definition) is 0. The van der Waals surface area contributed by atoms with Gasteiger partial charge >= 0.3 is 0 Å². The van der Waals surface area contributed by atoms with Gasteiger partial charge in [0.05, 0.1) is 6.61 Å². The third kappa shape index (κ3) is 1.62. The van der Waals surface area contributed by atoms with Crippen molar-refractivity contribution in [1.82, 2.24) is 0 Å². The van der Waals surface area contributed by atoms with Gasteiger partial charge in [-0.05, 0) is 17.7 Å². The zero-order valence-electron chi connectivity index (χ0n) is 6.50. The Kier molecular flexibility index (Phi) is 2.33. The first-order valence-corrected chi connectivity index (χ1v) is 4.90. The van der Waals surface area contributed by atoms with Crippen molar-refractivity contribution in [3.05, 3.63) is 35.6 Å². The zero-order valence-corrected chi connectivity index (χ0v) is 7.31. The Morgan fingerprint density at radius 3 is 2.67 bits per heavy atom. The molecule has 0 radical (unpaired) electrons. The molecule has 1 fully saturated rings. The largest absolute Gasteiger partial charge is 0.362 e. The van der Waals surface area contributed by atoms with Crippen LogP contribution in [0.4, 0.5) is 4.39 Å². The van der Waals surface area contributed by atoms with Crippen molar-refractivity contribution in [1.29, 1.82) is 0 Å². The summed E-state index contributed by atoms with van der Waals surface area (Å²) in [6, 6.07) is 6.49. The van der Waals surface area contributed by atoms with E-state index >= 15 is 0 Å². The standard InChI is InChI=1S/C9H9FOS/c10-8-3-1-7(2-4-8)9-11-5-6-12-9/h1-4,9H,5-6H2. The zero-order chi connectivity index (χ0) is 8.39. The molecule has 1 saturated heterocycles. The van der Waals surface area contributed by atoms with Crippen LogP contribution in [0.2, 0.25) is 0 Å². The summed E-state index contributed by atoms with van der Waals surface area (Å²) >= 11 is 1.76. The van der Waals surface area contributed by atoms with Gasteiger partial charge in [-0.2, -0.15) is 0 Å². The molecule has 1 nitrogen and oxygen atoms in total. The second-order valence-electron chi connectivity index (χ2n) is 2.63. The monoisotopic (exact) mass is 184 g/mol. The maximum Gasteiger partial charge on any atom is 0.128 e. The number of thioether (sulfide) groups is 1. The van der Waals surface area contributed by atoms with Gasteiger partial charge in [0.2, 0.25) is 0 Å². The van der Waals surface area contributed by atoms with E-state index in [0.29, 0.717) is 0 Å². The minimum atomic E-state index is -0.193.